The van der Waals surface area contributed by atoms with Gasteiger partial charge in [0.25, 0.3) is 0 Å². The maximum absolute atomic E-state index is 5.24. The average Bonchev–Trinajstić information content (AvgIpc) is 2.78. The Kier molecular flexibility index (Phi) is 3.53. The molecule has 0 bridgehead atoms. The summed E-state index contributed by atoms with van der Waals surface area (Å²) >= 11 is 0. The standard InChI is InChI=1S/C15H20N4O/c1-4-15-16-7-12-5-6-19(9-14(12)17-15)8-13-10(2)18-20-11(13)3/h7H,4-6,8-9H2,1-3H3. The van der Waals surface area contributed by atoms with E-state index < -0.39 is 0 Å². The maximum Gasteiger partial charge on any atom is 0.138 e. The van der Waals surface area contributed by atoms with Crippen molar-refractivity contribution in [3.8, 4) is 0 Å². The Hall–Kier alpha value is -1.75. The monoisotopic (exact) mass is 272 g/mol. The van der Waals surface area contributed by atoms with Crippen molar-refractivity contribution >= 4 is 0 Å². The quantitative estimate of drug-likeness (QED) is 0.857. The van der Waals surface area contributed by atoms with Gasteiger partial charge in [-0.05, 0) is 25.8 Å². The van der Waals surface area contributed by atoms with Gasteiger partial charge in [0.15, 0.2) is 0 Å². The van der Waals surface area contributed by atoms with E-state index in [1.807, 2.05) is 20.0 Å². The molecule has 0 aromatic carbocycles. The Bertz CT molecular complexity index is 601. The van der Waals surface area contributed by atoms with E-state index in [-0.39, 0.29) is 0 Å². The molecule has 0 N–H and O–H groups in total. The van der Waals surface area contributed by atoms with E-state index in [1.165, 1.54) is 16.8 Å². The van der Waals surface area contributed by atoms with Crippen LogP contribution >= 0.6 is 0 Å². The molecule has 0 amide bonds. The molecular weight excluding hydrogens is 252 g/mol. The molecule has 106 valence electrons. The predicted molar refractivity (Wildman–Crippen MR) is 75.2 cm³/mol. The Labute approximate surface area is 119 Å². The van der Waals surface area contributed by atoms with Gasteiger partial charge in [-0.2, -0.15) is 0 Å². The number of aromatic nitrogens is 3. The highest BCUT2D eigenvalue weighted by Gasteiger charge is 2.20. The number of nitrogens with zero attached hydrogens (tertiary/aromatic N) is 4. The molecule has 2 aromatic rings. The number of aryl methyl sites for hydroxylation is 3. The van der Waals surface area contributed by atoms with Crippen molar-refractivity contribution in [2.45, 2.75) is 46.7 Å². The number of hydrogen-bond acceptors (Lipinski definition) is 5. The van der Waals surface area contributed by atoms with Crippen LogP contribution in [-0.4, -0.2) is 26.6 Å². The van der Waals surface area contributed by atoms with Crippen molar-refractivity contribution in [2.24, 2.45) is 0 Å². The predicted octanol–water partition coefficient (Wildman–Crippen LogP) is 2.20. The van der Waals surface area contributed by atoms with Crippen molar-refractivity contribution in [1.29, 1.82) is 0 Å². The fourth-order valence-electron chi connectivity index (χ4n) is 2.66. The number of hydrogen-bond donors (Lipinski definition) is 0. The van der Waals surface area contributed by atoms with Gasteiger partial charge in [0.05, 0.1) is 11.4 Å². The Morgan fingerprint density at radius 3 is 2.90 bits per heavy atom. The molecule has 0 radical (unpaired) electrons. The lowest BCUT2D eigenvalue weighted by atomic mass is 10.1. The van der Waals surface area contributed by atoms with E-state index in [0.29, 0.717) is 0 Å². The molecule has 1 aliphatic rings. The summed E-state index contributed by atoms with van der Waals surface area (Å²) in [7, 11) is 0. The lowest BCUT2D eigenvalue weighted by Gasteiger charge is -2.27. The second kappa shape index (κ2) is 5.32. The van der Waals surface area contributed by atoms with E-state index in [0.717, 1.165) is 49.8 Å². The molecule has 0 aliphatic carbocycles. The third kappa shape index (κ3) is 2.45. The summed E-state index contributed by atoms with van der Waals surface area (Å²) in [5, 5.41) is 4.03. The molecule has 5 nitrogen and oxygen atoms in total. The van der Waals surface area contributed by atoms with Crippen LogP contribution in [0, 0.1) is 13.8 Å². The lowest BCUT2D eigenvalue weighted by Crippen LogP contribution is -2.31. The van der Waals surface area contributed by atoms with Gasteiger partial charge < -0.3 is 4.52 Å². The molecule has 3 heterocycles. The van der Waals surface area contributed by atoms with Gasteiger partial charge in [0.2, 0.25) is 0 Å². The van der Waals surface area contributed by atoms with Crippen molar-refractivity contribution in [3.05, 3.63) is 40.3 Å². The third-order valence-electron chi connectivity index (χ3n) is 3.95. The molecule has 0 fully saturated rings. The minimum atomic E-state index is 0.881. The Morgan fingerprint density at radius 1 is 1.35 bits per heavy atom. The number of fused-ring (bicyclic) bond motifs is 1. The second-order valence-electron chi connectivity index (χ2n) is 5.38. The molecule has 20 heavy (non-hydrogen) atoms. The molecule has 0 atom stereocenters. The zero-order valence-corrected chi connectivity index (χ0v) is 12.3. The summed E-state index contributed by atoms with van der Waals surface area (Å²) in [5.74, 6) is 1.85. The summed E-state index contributed by atoms with van der Waals surface area (Å²) in [5.41, 5.74) is 4.66. The van der Waals surface area contributed by atoms with Crippen LogP contribution in [0.3, 0.4) is 0 Å². The van der Waals surface area contributed by atoms with Crippen molar-refractivity contribution in [2.75, 3.05) is 6.54 Å². The van der Waals surface area contributed by atoms with Crippen LogP contribution in [0.2, 0.25) is 0 Å². The molecule has 1 aliphatic heterocycles. The van der Waals surface area contributed by atoms with Crippen LogP contribution in [0.5, 0.6) is 0 Å². The fourth-order valence-corrected chi connectivity index (χ4v) is 2.66. The second-order valence-corrected chi connectivity index (χ2v) is 5.38. The minimum Gasteiger partial charge on any atom is -0.361 e. The first-order valence-electron chi connectivity index (χ1n) is 7.15. The van der Waals surface area contributed by atoms with E-state index in [4.69, 9.17) is 4.52 Å². The highest BCUT2D eigenvalue weighted by Crippen LogP contribution is 2.21. The topological polar surface area (TPSA) is 55.1 Å². The molecule has 0 spiro atoms. The Balaban J connectivity index is 1.78. The van der Waals surface area contributed by atoms with E-state index >= 15 is 0 Å². The van der Waals surface area contributed by atoms with E-state index in [9.17, 15) is 0 Å². The Morgan fingerprint density at radius 2 is 2.20 bits per heavy atom. The van der Waals surface area contributed by atoms with Crippen molar-refractivity contribution in [1.82, 2.24) is 20.0 Å². The zero-order valence-electron chi connectivity index (χ0n) is 12.3. The molecular formula is C15H20N4O. The molecule has 0 saturated heterocycles. The molecule has 5 heteroatoms. The van der Waals surface area contributed by atoms with Crippen LogP contribution in [0.15, 0.2) is 10.7 Å². The van der Waals surface area contributed by atoms with Gasteiger partial charge in [-0.3, -0.25) is 4.90 Å². The summed E-state index contributed by atoms with van der Waals surface area (Å²) < 4.78 is 5.24. The minimum absolute atomic E-state index is 0.881. The summed E-state index contributed by atoms with van der Waals surface area (Å²) in [6, 6.07) is 0. The van der Waals surface area contributed by atoms with Crippen LogP contribution < -0.4 is 0 Å². The third-order valence-corrected chi connectivity index (χ3v) is 3.95. The van der Waals surface area contributed by atoms with Gasteiger partial charge in [-0.15, -0.1) is 0 Å². The van der Waals surface area contributed by atoms with Gasteiger partial charge in [0, 0.05) is 37.8 Å². The highest BCUT2D eigenvalue weighted by molar-refractivity contribution is 5.23. The van der Waals surface area contributed by atoms with Crippen molar-refractivity contribution < 1.29 is 4.52 Å². The SMILES string of the molecule is CCc1ncc2c(n1)CN(Cc1c(C)noc1C)CC2. The van der Waals surface area contributed by atoms with Crippen LogP contribution in [0.4, 0.5) is 0 Å². The first-order valence-corrected chi connectivity index (χ1v) is 7.15. The largest absolute Gasteiger partial charge is 0.361 e. The van der Waals surface area contributed by atoms with E-state index in [2.05, 4.69) is 26.9 Å². The first kappa shape index (κ1) is 13.2. The van der Waals surface area contributed by atoms with E-state index in [1.54, 1.807) is 0 Å². The fraction of sp³-hybridized carbons (Fsp3) is 0.533. The van der Waals surface area contributed by atoms with Gasteiger partial charge in [-0.25, -0.2) is 9.97 Å². The zero-order chi connectivity index (χ0) is 14.1. The van der Waals surface area contributed by atoms with Crippen LogP contribution in [-0.2, 0) is 25.9 Å². The molecule has 0 saturated carbocycles. The van der Waals surface area contributed by atoms with Gasteiger partial charge >= 0.3 is 0 Å². The smallest absolute Gasteiger partial charge is 0.138 e. The highest BCUT2D eigenvalue weighted by atomic mass is 16.5. The molecule has 3 rings (SSSR count). The summed E-state index contributed by atoms with van der Waals surface area (Å²) in [4.78, 5) is 11.5. The summed E-state index contributed by atoms with van der Waals surface area (Å²) in [6.07, 6.45) is 3.90. The lowest BCUT2D eigenvalue weighted by molar-refractivity contribution is 0.239. The normalized spacial score (nSPS) is 15.3. The number of rotatable bonds is 3. The van der Waals surface area contributed by atoms with Gasteiger partial charge in [-0.1, -0.05) is 12.1 Å². The van der Waals surface area contributed by atoms with Crippen LogP contribution in [0.1, 0.15) is 41.0 Å². The van der Waals surface area contributed by atoms with Gasteiger partial charge in [0.1, 0.15) is 11.6 Å². The first-order chi connectivity index (χ1) is 9.67. The molecule has 2 aromatic heterocycles. The van der Waals surface area contributed by atoms with Crippen LogP contribution in [0.25, 0.3) is 0 Å². The maximum atomic E-state index is 5.24. The average molecular weight is 272 g/mol. The summed E-state index contributed by atoms with van der Waals surface area (Å²) in [6.45, 7) is 8.87. The molecule has 0 unspecified atom stereocenters. The van der Waals surface area contributed by atoms with Crippen molar-refractivity contribution in [3.63, 3.8) is 0 Å².